The molecule has 1 heterocycles. The van der Waals surface area contributed by atoms with Gasteiger partial charge in [-0.3, -0.25) is 5.32 Å². The van der Waals surface area contributed by atoms with Crippen molar-refractivity contribution in [3.63, 3.8) is 0 Å². The highest BCUT2D eigenvalue weighted by molar-refractivity contribution is 5.83. The lowest BCUT2D eigenvalue weighted by molar-refractivity contribution is 0.0635. The second kappa shape index (κ2) is 5.63. The Bertz CT molecular complexity index is 429. The molecule has 0 saturated carbocycles. The molecule has 0 aliphatic rings. The van der Waals surface area contributed by atoms with Gasteiger partial charge in [-0.2, -0.15) is 0 Å². The lowest BCUT2D eigenvalue weighted by Crippen LogP contribution is -2.27. The molecule has 0 radical (unpaired) electrons. The van der Waals surface area contributed by atoms with Crippen LogP contribution in [0, 0.1) is 0 Å². The average molecular weight is 255 g/mol. The molecular formula is C11H17N3O4. The molecule has 0 fully saturated rings. The van der Waals surface area contributed by atoms with Gasteiger partial charge < -0.3 is 14.6 Å². The molecular weight excluding hydrogens is 238 g/mol. The topological polar surface area (TPSA) is 93.6 Å². The summed E-state index contributed by atoms with van der Waals surface area (Å²) in [7, 11) is 1.44. The number of nitrogens with one attached hydrogen (secondary N) is 1. The minimum absolute atomic E-state index is 0.193. The number of hydrogen-bond donors (Lipinski definition) is 2. The molecule has 1 rings (SSSR count). The molecule has 18 heavy (non-hydrogen) atoms. The first-order chi connectivity index (χ1) is 8.35. The molecule has 1 amide bonds. The van der Waals surface area contributed by atoms with E-state index >= 15 is 0 Å². The van der Waals surface area contributed by atoms with Crippen LogP contribution in [0.3, 0.4) is 0 Å². The van der Waals surface area contributed by atoms with Crippen LogP contribution in [0.2, 0.25) is 0 Å². The Morgan fingerprint density at radius 2 is 2.11 bits per heavy atom. The van der Waals surface area contributed by atoms with E-state index in [9.17, 15) is 4.79 Å². The molecule has 0 bridgehead atoms. The van der Waals surface area contributed by atoms with Gasteiger partial charge >= 0.3 is 6.09 Å². The summed E-state index contributed by atoms with van der Waals surface area (Å²) in [5.41, 5.74) is -0.292. The van der Waals surface area contributed by atoms with Crippen molar-refractivity contribution in [2.45, 2.75) is 33.0 Å². The van der Waals surface area contributed by atoms with Gasteiger partial charge in [-0.25, -0.2) is 4.79 Å². The fraction of sp³-hybridized carbons (Fsp3) is 0.545. The summed E-state index contributed by atoms with van der Waals surface area (Å²) < 4.78 is 10.1. The van der Waals surface area contributed by atoms with E-state index in [0.717, 1.165) is 0 Å². The molecule has 0 aliphatic carbocycles. The molecule has 0 unspecified atom stereocenters. The third-order valence-electron chi connectivity index (χ3n) is 1.83. The van der Waals surface area contributed by atoms with E-state index < -0.39 is 11.7 Å². The first-order valence-corrected chi connectivity index (χ1v) is 5.37. The van der Waals surface area contributed by atoms with Gasteiger partial charge in [0.2, 0.25) is 0 Å². The van der Waals surface area contributed by atoms with Crippen LogP contribution in [0.4, 0.5) is 10.6 Å². The molecule has 1 aromatic rings. The molecule has 7 heteroatoms. The zero-order valence-corrected chi connectivity index (χ0v) is 10.9. The summed E-state index contributed by atoms with van der Waals surface area (Å²) in [5.74, 6) is 0.539. The Labute approximate surface area is 105 Å². The number of anilines is 1. The summed E-state index contributed by atoms with van der Waals surface area (Å²) in [5, 5.41) is 18.9. The number of aromatic nitrogens is 2. The van der Waals surface area contributed by atoms with Crippen molar-refractivity contribution in [1.82, 2.24) is 10.2 Å². The SMILES string of the molecule is COc1cc(NC(=O)OC(C)(C)C)nnc1CO. The lowest BCUT2D eigenvalue weighted by atomic mass is 10.2. The van der Waals surface area contributed by atoms with E-state index in [1.807, 2.05) is 0 Å². The Hall–Kier alpha value is -1.89. The van der Waals surface area contributed by atoms with Gasteiger partial charge in [-0.05, 0) is 20.8 Å². The van der Waals surface area contributed by atoms with Crippen LogP contribution < -0.4 is 10.1 Å². The third-order valence-corrected chi connectivity index (χ3v) is 1.83. The summed E-state index contributed by atoms with van der Waals surface area (Å²) in [4.78, 5) is 11.5. The summed E-state index contributed by atoms with van der Waals surface area (Å²) in [6.07, 6.45) is -0.629. The van der Waals surface area contributed by atoms with Gasteiger partial charge in [-0.1, -0.05) is 0 Å². The second-order valence-electron chi connectivity index (χ2n) is 4.53. The van der Waals surface area contributed by atoms with E-state index in [1.54, 1.807) is 20.8 Å². The van der Waals surface area contributed by atoms with Gasteiger partial charge in [0.15, 0.2) is 5.82 Å². The van der Waals surface area contributed by atoms with E-state index in [0.29, 0.717) is 11.4 Å². The Kier molecular flexibility index (Phi) is 4.43. The molecule has 100 valence electrons. The number of rotatable bonds is 3. The van der Waals surface area contributed by atoms with Gasteiger partial charge in [0.25, 0.3) is 0 Å². The normalized spacial score (nSPS) is 10.9. The number of methoxy groups -OCH3 is 1. The van der Waals surface area contributed by atoms with Crippen LogP contribution in [0.1, 0.15) is 26.5 Å². The number of aliphatic hydroxyl groups is 1. The minimum Gasteiger partial charge on any atom is -0.495 e. The standard InChI is InChI=1S/C11H17N3O4/c1-11(2,3)18-10(16)12-9-5-8(17-4)7(6-15)13-14-9/h5,15H,6H2,1-4H3,(H,12,14,16). The highest BCUT2D eigenvalue weighted by Gasteiger charge is 2.17. The van der Waals surface area contributed by atoms with Crippen molar-refractivity contribution in [3.05, 3.63) is 11.8 Å². The Morgan fingerprint density at radius 3 is 2.61 bits per heavy atom. The maximum atomic E-state index is 11.5. The lowest BCUT2D eigenvalue weighted by Gasteiger charge is -2.19. The van der Waals surface area contributed by atoms with Crippen molar-refractivity contribution in [2.24, 2.45) is 0 Å². The third kappa shape index (κ3) is 4.17. The second-order valence-corrected chi connectivity index (χ2v) is 4.53. The number of carbonyl (C=O) groups is 1. The quantitative estimate of drug-likeness (QED) is 0.846. The van der Waals surface area contributed by atoms with Crippen LogP contribution in [-0.2, 0) is 11.3 Å². The predicted molar refractivity (Wildman–Crippen MR) is 64.4 cm³/mol. The van der Waals surface area contributed by atoms with Gasteiger partial charge in [0.05, 0.1) is 13.7 Å². The van der Waals surface area contributed by atoms with Crippen molar-refractivity contribution in [2.75, 3.05) is 12.4 Å². The molecule has 7 nitrogen and oxygen atoms in total. The highest BCUT2D eigenvalue weighted by atomic mass is 16.6. The first-order valence-electron chi connectivity index (χ1n) is 5.37. The van der Waals surface area contributed by atoms with Crippen molar-refractivity contribution < 1.29 is 19.4 Å². The number of carbonyl (C=O) groups excluding carboxylic acids is 1. The van der Waals surface area contributed by atoms with E-state index in [4.69, 9.17) is 14.6 Å². The maximum Gasteiger partial charge on any atom is 0.413 e. The van der Waals surface area contributed by atoms with Crippen LogP contribution in [0.15, 0.2) is 6.07 Å². The monoisotopic (exact) mass is 255 g/mol. The number of nitrogens with zero attached hydrogens (tertiary/aromatic N) is 2. The summed E-state index contributed by atoms with van der Waals surface area (Å²) in [6.45, 7) is 4.98. The van der Waals surface area contributed by atoms with Crippen molar-refractivity contribution >= 4 is 11.9 Å². The molecule has 0 atom stereocenters. The Morgan fingerprint density at radius 1 is 1.44 bits per heavy atom. The van der Waals surface area contributed by atoms with Crippen LogP contribution in [0.5, 0.6) is 5.75 Å². The molecule has 0 aromatic carbocycles. The number of ether oxygens (including phenoxy) is 2. The zero-order chi connectivity index (χ0) is 13.8. The molecule has 0 spiro atoms. The number of hydrogen-bond acceptors (Lipinski definition) is 6. The van der Waals surface area contributed by atoms with Crippen LogP contribution >= 0.6 is 0 Å². The Balaban J connectivity index is 2.76. The van der Waals surface area contributed by atoms with Crippen LogP contribution in [0.25, 0.3) is 0 Å². The van der Waals surface area contributed by atoms with Gasteiger partial charge in [0, 0.05) is 6.07 Å². The minimum atomic E-state index is -0.629. The largest absolute Gasteiger partial charge is 0.495 e. The van der Waals surface area contributed by atoms with Crippen molar-refractivity contribution in [3.8, 4) is 5.75 Å². The zero-order valence-electron chi connectivity index (χ0n) is 10.9. The van der Waals surface area contributed by atoms with Crippen LogP contribution in [-0.4, -0.2) is 34.1 Å². The van der Waals surface area contributed by atoms with Gasteiger partial charge in [0.1, 0.15) is 17.0 Å². The molecule has 0 aliphatic heterocycles. The molecule has 2 N–H and O–H groups in total. The number of aliphatic hydroxyl groups excluding tert-OH is 1. The van der Waals surface area contributed by atoms with E-state index in [2.05, 4.69) is 15.5 Å². The maximum absolute atomic E-state index is 11.5. The first kappa shape index (κ1) is 14.2. The van der Waals surface area contributed by atoms with Gasteiger partial charge in [-0.15, -0.1) is 10.2 Å². The number of amides is 1. The van der Waals surface area contributed by atoms with Crippen molar-refractivity contribution in [1.29, 1.82) is 0 Å². The molecule has 1 aromatic heterocycles. The fourth-order valence-electron chi connectivity index (χ4n) is 1.16. The summed E-state index contributed by atoms with van der Waals surface area (Å²) in [6, 6.07) is 1.46. The molecule has 0 saturated heterocycles. The fourth-order valence-corrected chi connectivity index (χ4v) is 1.16. The van der Waals surface area contributed by atoms with E-state index in [-0.39, 0.29) is 12.4 Å². The predicted octanol–water partition coefficient (Wildman–Crippen LogP) is 1.32. The average Bonchev–Trinajstić information content (AvgIpc) is 2.26. The highest BCUT2D eigenvalue weighted by Crippen LogP contribution is 2.19. The smallest absolute Gasteiger partial charge is 0.413 e. The summed E-state index contributed by atoms with van der Waals surface area (Å²) >= 11 is 0. The van der Waals surface area contributed by atoms with E-state index in [1.165, 1.54) is 13.2 Å².